The summed E-state index contributed by atoms with van der Waals surface area (Å²) in [5, 5.41) is 0. The van der Waals surface area contributed by atoms with Gasteiger partial charge >= 0.3 is 0 Å². The number of hydrogen-bond donors (Lipinski definition) is 0. The molecule has 2 aliphatic rings. The van der Waals surface area contributed by atoms with E-state index in [9.17, 15) is 4.55 Å². The van der Waals surface area contributed by atoms with Crippen LogP contribution in [0, 0.1) is 5.82 Å². The van der Waals surface area contributed by atoms with E-state index in [4.69, 9.17) is 0 Å². The second-order valence-corrected chi connectivity index (χ2v) is 12.7. The third-order valence-electron chi connectivity index (χ3n) is 8.68. The number of piperidine rings is 2. The predicted molar refractivity (Wildman–Crippen MR) is 150 cm³/mol. The molecule has 37 heavy (non-hydrogen) atoms. The van der Waals surface area contributed by atoms with E-state index in [1.54, 1.807) is 12.3 Å². The minimum Gasteiger partial charge on any atom is -0.612 e. The van der Waals surface area contributed by atoms with Crippen molar-refractivity contribution in [3.05, 3.63) is 54.1 Å². The number of imidazole rings is 1. The van der Waals surface area contributed by atoms with Gasteiger partial charge in [0.25, 0.3) is 0 Å². The average Bonchev–Trinajstić information content (AvgIpc) is 3.33. The van der Waals surface area contributed by atoms with Crippen LogP contribution in [0.25, 0.3) is 16.9 Å². The van der Waals surface area contributed by atoms with E-state index in [1.807, 2.05) is 34.9 Å². The van der Waals surface area contributed by atoms with Gasteiger partial charge in [0.2, 0.25) is 0 Å². The Labute approximate surface area is 224 Å². The van der Waals surface area contributed by atoms with Crippen molar-refractivity contribution < 1.29 is 8.94 Å². The maximum atomic E-state index is 15.2. The molecule has 200 valence electrons. The van der Waals surface area contributed by atoms with Crippen LogP contribution in [0.5, 0.6) is 0 Å². The lowest BCUT2D eigenvalue weighted by Gasteiger charge is -2.50. The Hall–Kier alpha value is -1.93. The van der Waals surface area contributed by atoms with Crippen LogP contribution in [0.15, 0.2) is 47.6 Å². The minimum atomic E-state index is -1.02. The fourth-order valence-corrected chi connectivity index (χ4v) is 7.39. The third kappa shape index (κ3) is 5.47. The highest BCUT2D eigenvalue weighted by Crippen LogP contribution is 2.35. The zero-order valence-corrected chi connectivity index (χ0v) is 23.7. The summed E-state index contributed by atoms with van der Waals surface area (Å²) < 4.78 is 28.7. The number of pyridine rings is 1. The molecule has 0 saturated carbocycles. The number of nitrogens with zero attached hydrogens (tertiary/aromatic N) is 4. The molecule has 1 aromatic carbocycles. The van der Waals surface area contributed by atoms with Crippen LogP contribution in [-0.4, -0.2) is 67.2 Å². The highest BCUT2D eigenvalue weighted by Gasteiger charge is 2.37. The molecule has 4 unspecified atom stereocenters. The Morgan fingerprint density at radius 3 is 2.43 bits per heavy atom. The predicted octanol–water partition coefficient (Wildman–Crippen LogP) is 6.10. The number of likely N-dealkylation sites (tertiary alicyclic amines) is 2. The maximum Gasteiger partial charge on any atom is 0.173 e. The number of benzene rings is 1. The van der Waals surface area contributed by atoms with Gasteiger partial charge in [0.1, 0.15) is 6.26 Å². The molecular formula is C30H41FN4OS. The van der Waals surface area contributed by atoms with E-state index in [0.717, 1.165) is 47.6 Å². The highest BCUT2D eigenvalue weighted by molar-refractivity contribution is 7.90. The van der Waals surface area contributed by atoms with E-state index in [0.29, 0.717) is 35.7 Å². The molecule has 4 atom stereocenters. The molecule has 0 bridgehead atoms. The van der Waals surface area contributed by atoms with Crippen LogP contribution in [0.2, 0.25) is 0 Å². The van der Waals surface area contributed by atoms with Gasteiger partial charge in [0.05, 0.1) is 5.69 Å². The van der Waals surface area contributed by atoms with Crippen molar-refractivity contribution in [3.63, 3.8) is 0 Å². The van der Waals surface area contributed by atoms with Gasteiger partial charge in [-0.3, -0.25) is 4.90 Å². The second-order valence-electron chi connectivity index (χ2n) is 11.3. The van der Waals surface area contributed by atoms with Crippen molar-refractivity contribution in [2.45, 2.75) is 94.8 Å². The normalized spacial score (nSPS) is 25.2. The number of fused-ring (bicyclic) bond motifs is 1. The van der Waals surface area contributed by atoms with Gasteiger partial charge in [-0.15, -0.1) is 0 Å². The summed E-state index contributed by atoms with van der Waals surface area (Å²) in [7, 11) is 0. The van der Waals surface area contributed by atoms with E-state index in [-0.39, 0.29) is 5.82 Å². The molecule has 7 heteroatoms. The van der Waals surface area contributed by atoms with E-state index in [1.165, 1.54) is 19.3 Å². The molecule has 0 spiro atoms. The lowest BCUT2D eigenvalue weighted by atomic mass is 9.85. The van der Waals surface area contributed by atoms with Crippen LogP contribution < -0.4 is 0 Å². The summed E-state index contributed by atoms with van der Waals surface area (Å²) in [5.41, 5.74) is 3.05. The molecule has 2 aromatic heterocycles. The first kappa shape index (κ1) is 26.7. The summed E-state index contributed by atoms with van der Waals surface area (Å²) in [6, 6.07) is 11.7. The first-order valence-corrected chi connectivity index (χ1v) is 15.4. The standard InChI is InChI=1S/C30H41FN4OS/c1-6-25-17-26(15-21(4)35(25)20(2)3)33-13-11-22(12-14-33)24-16-28(31)30-32-29(19-34(30)18-24)23-7-9-27(10-8-23)37(5)36/h7-10,16,18-22,25-26H,6,11-15,17H2,1-5H3. The third-order valence-corrected chi connectivity index (χ3v) is 9.62. The molecule has 2 saturated heterocycles. The van der Waals surface area contributed by atoms with Crippen molar-refractivity contribution in [1.82, 2.24) is 19.2 Å². The minimum absolute atomic E-state index is 0.266. The molecule has 4 heterocycles. The van der Waals surface area contributed by atoms with Crippen LogP contribution in [-0.2, 0) is 11.2 Å². The first-order valence-electron chi connectivity index (χ1n) is 13.9. The summed E-state index contributed by atoms with van der Waals surface area (Å²) in [5.74, 6) is 0.105. The van der Waals surface area contributed by atoms with Gasteiger partial charge in [-0.05, 0) is 119 Å². The van der Waals surface area contributed by atoms with Crippen LogP contribution >= 0.6 is 0 Å². The average molecular weight is 525 g/mol. The Morgan fingerprint density at radius 2 is 1.81 bits per heavy atom. The topological polar surface area (TPSA) is 46.8 Å². The highest BCUT2D eigenvalue weighted by atomic mass is 32.2. The summed E-state index contributed by atoms with van der Waals surface area (Å²) in [6.45, 7) is 11.6. The first-order chi connectivity index (χ1) is 17.7. The van der Waals surface area contributed by atoms with Gasteiger partial charge in [0, 0.05) is 42.1 Å². The fourth-order valence-electron chi connectivity index (χ4n) is 6.87. The van der Waals surface area contributed by atoms with E-state index < -0.39 is 11.2 Å². The Morgan fingerprint density at radius 1 is 1.11 bits per heavy atom. The van der Waals surface area contributed by atoms with Crippen molar-refractivity contribution in [2.75, 3.05) is 19.3 Å². The second kappa shape index (κ2) is 11.0. The van der Waals surface area contributed by atoms with Crippen LogP contribution in [0.1, 0.15) is 71.3 Å². The molecule has 0 aliphatic carbocycles. The van der Waals surface area contributed by atoms with Crippen LogP contribution in [0.4, 0.5) is 4.39 Å². The smallest absolute Gasteiger partial charge is 0.173 e. The molecule has 5 nitrogen and oxygen atoms in total. The van der Waals surface area contributed by atoms with E-state index >= 15 is 4.39 Å². The van der Waals surface area contributed by atoms with Crippen molar-refractivity contribution in [2.24, 2.45) is 0 Å². The molecule has 3 aromatic rings. The summed E-state index contributed by atoms with van der Waals surface area (Å²) >= 11 is -1.02. The van der Waals surface area contributed by atoms with E-state index in [2.05, 4.69) is 48.7 Å². The lowest BCUT2D eigenvalue weighted by Crippen LogP contribution is -2.56. The molecule has 0 amide bonds. The largest absolute Gasteiger partial charge is 0.612 e. The summed E-state index contributed by atoms with van der Waals surface area (Å²) in [4.78, 5) is 10.8. The number of hydrogen-bond acceptors (Lipinski definition) is 4. The van der Waals surface area contributed by atoms with Gasteiger partial charge in [0.15, 0.2) is 16.4 Å². The molecule has 2 fully saturated rings. The molecule has 0 radical (unpaired) electrons. The van der Waals surface area contributed by atoms with Gasteiger partial charge in [-0.1, -0.05) is 6.92 Å². The SMILES string of the molecule is CCC1CC(N2CCC(c3cc(F)c4nc(-c5ccc([S+](C)[O-])cc5)cn4c3)CC2)CC(C)N1C(C)C. The number of halogens is 1. The summed E-state index contributed by atoms with van der Waals surface area (Å²) in [6.07, 6.45) is 11.5. The molecule has 2 aliphatic heterocycles. The number of aromatic nitrogens is 2. The molecular weight excluding hydrogens is 483 g/mol. The van der Waals surface area contributed by atoms with Gasteiger partial charge < -0.3 is 13.9 Å². The van der Waals surface area contributed by atoms with Gasteiger partial charge in [-0.25, -0.2) is 9.37 Å². The van der Waals surface area contributed by atoms with Crippen molar-refractivity contribution >= 4 is 16.8 Å². The monoisotopic (exact) mass is 524 g/mol. The van der Waals surface area contributed by atoms with Crippen molar-refractivity contribution in [1.29, 1.82) is 0 Å². The zero-order chi connectivity index (χ0) is 26.3. The Bertz CT molecular complexity index is 1200. The van der Waals surface area contributed by atoms with Gasteiger partial charge in [-0.2, -0.15) is 0 Å². The number of rotatable bonds is 6. The lowest BCUT2D eigenvalue weighted by molar-refractivity contribution is -0.000191. The van der Waals surface area contributed by atoms with Crippen LogP contribution in [0.3, 0.4) is 0 Å². The zero-order valence-electron chi connectivity index (χ0n) is 22.9. The quantitative estimate of drug-likeness (QED) is 0.366. The molecule has 5 rings (SSSR count). The molecule has 0 N–H and O–H groups in total. The Kier molecular flexibility index (Phi) is 7.96. The van der Waals surface area contributed by atoms with Crippen molar-refractivity contribution in [3.8, 4) is 11.3 Å². The maximum absolute atomic E-state index is 15.2. The Balaban J connectivity index is 1.28. The fraction of sp³-hybridized carbons (Fsp3) is 0.567.